The summed E-state index contributed by atoms with van der Waals surface area (Å²) in [5.41, 5.74) is 0.937. The van der Waals surface area contributed by atoms with Gasteiger partial charge in [-0.3, -0.25) is 14.4 Å². The van der Waals surface area contributed by atoms with E-state index in [-0.39, 0.29) is 5.91 Å². The molecule has 2 heterocycles. The minimum absolute atomic E-state index is 0.0476. The molecule has 2 rings (SSSR count). The van der Waals surface area contributed by atoms with Crippen molar-refractivity contribution in [2.75, 3.05) is 19.6 Å². The third-order valence-electron chi connectivity index (χ3n) is 4.25. The molecule has 2 aromatic heterocycles. The van der Waals surface area contributed by atoms with E-state index < -0.39 is 0 Å². The number of amides is 1. The quantitative estimate of drug-likeness (QED) is 0.744. The summed E-state index contributed by atoms with van der Waals surface area (Å²) in [6, 6.07) is 0.365. The average Bonchev–Trinajstić information content (AvgIpc) is 3.21. The molecule has 25 heavy (non-hydrogen) atoms. The minimum atomic E-state index is -0.0476. The molecule has 0 bridgehead atoms. The number of rotatable bonds is 9. The Morgan fingerprint density at radius 1 is 1.32 bits per heavy atom. The van der Waals surface area contributed by atoms with E-state index in [9.17, 15) is 4.79 Å². The SMILES string of the molecule is CCN(CC)C(CNC(=O)c1cnc(-c2cnn(C)c2)s1)CC(C)C. The monoisotopic (exact) mass is 363 g/mol. The van der Waals surface area contributed by atoms with Crippen molar-refractivity contribution in [3.05, 3.63) is 23.5 Å². The van der Waals surface area contributed by atoms with Gasteiger partial charge in [-0.05, 0) is 25.4 Å². The van der Waals surface area contributed by atoms with Crippen molar-refractivity contribution < 1.29 is 4.79 Å². The molecule has 1 atom stereocenters. The summed E-state index contributed by atoms with van der Waals surface area (Å²) in [4.78, 5) is 19.9. The van der Waals surface area contributed by atoms with E-state index in [1.165, 1.54) is 11.3 Å². The zero-order chi connectivity index (χ0) is 18.4. The fraction of sp³-hybridized carbons (Fsp3) is 0.611. The molecule has 7 heteroatoms. The standard InChI is InChI=1S/C18H29N5OS/c1-6-23(7-2)15(8-13(3)4)10-19-17(24)16-11-20-18(25-16)14-9-21-22(5)12-14/h9,11-13,15H,6-8,10H2,1-5H3,(H,19,24). The first kappa shape index (κ1) is 19.6. The van der Waals surface area contributed by atoms with E-state index in [0.29, 0.717) is 23.4 Å². The Kier molecular flexibility index (Phi) is 7.13. The van der Waals surface area contributed by atoms with Gasteiger partial charge in [0, 0.05) is 31.4 Å². The van der Waals surface area contributed by atoms with Gasteiger partial charge in [-0.1, -0.05) is 27.7 Å². The van der Waals surface area contributed by atoms with E-state index in [1.807, 2.05) is 13.2 Å². The Morgan fingerprint density at radius 3 is 2.60 bits per heavy atom. The molecule has 0 aliphatic heterocycles. The van der Waals surface area contributed by atoms with Crippen LogP contribution >= 0.6 is 11.3 Å². The summed E-state index contributed by atoms with van der Waals surface area (Å²) in [6.45, 7) is 11.4. The van der Waals surface area contributed by atoms with Crippen LogP contribution in [0, 0.1) is 5.92 Å². The van der Waals surface area contributed by atoms with Crippen molar-refractivity contribution in [2.45, 2.75) is 40.2 Å². The number of carbonyl (C=O) groups excluding carboxylic acids is 1. The number of aromatic nitrogens is 3. The molecule has 1 unspecified atom stereocenters. The second-order valence-corrected chi connectivity index (χ2v) is 7.68. The fourth-order valence-electron chi connectivity index (χ4n) is 2.99. The predicted octanol–water partition coefficient (Wildman–Crippen LogP) is 3.03. The molecule has 0 aliphatic carbocycles. The Morgan fingerprint density at radius 2 is 2.04 bits per heavy atom. The number of nitrogens with one attached hydrogen (secondary N) is 1. The average molecular weight is 364 g/mol. The summed E-state index contributed by atoms with van der Waals surface area (Å²) in [6.07, 6.45) is 6.39. The molecule has 0 saturated heterocycles. The van der Waals surface area contributed by atoms with Gasteiger partial charge in [0.05, 0.1) is 12.4 Å². The van der Waals surface area contributed by atoms with Gasteiger partial charge in [-0.2, -0.15) is 5.10 Å². The molecular weight excluding hydrogens is 334 g/mol. The number of hydrogen-bond donors (Lipinski definition) is 1. The van der Waals surface area contributed by atoms with Crippen LogP contribution in [-0.4, -0.2) is 51.2 Å². The molecule has 0 aromatic carbocycles. The van der Waals surface area contributed by atoms with Crippen molar-refractivity contribution in [1.29, 1.82) is 0 Å². The van der Waals surface area contributed by atoms with Crippen LogP contribution in [0.3, 0.4) is 0 Å². The van der Waals surface area contributed by atoms with Crippen molar-refractivity contribution in [2.24, 2.45) is 13.0 Å². The van der Waals surface area contributed by atoms with Crippen LogP contribution in [0.1, 0.15) is 43.8 Å². The van der Waals surface area contributed by atoms with Crippen molar-refractivity contribution in [3.63, 3.8) is 0 Å². The number of carbonyl (C=O) groups is 1. The number of nitrogens with zero attached hydrogens (tertiary/aromatic N) is 4. The van der Waals surface area contributed by atoms with Gasteiger partial charge in [0.2, 0.25) is 0 Å². The smallest absolute Gasteiger partial charge is 0.263 e. The summed E-state index contributed by atoms with van der Waals surface area (Å²) in [5.74, 6) is 0.552. The Hall–Kier alpha value is -1.73. The van der Waals surface area contributed by atoms with Crippen LogP contribution in [0.25, 0.3) is 10.6 Å². The molecule has 138 valence electrons. The normalized spacial score (nSPS) is 12.8. The zero-order valence-corrected chi connectivity index (χ0v) is 16.6. The lowest BCUT2D eigenvalue weighted by Crippen LogP contribution is -2.44. The number of aryl methyl sites for hydroxylation is 1. The molecule has 0 saturated carbocycles. The van der Waals surface area contributed by atoms with Gasteiger partial charge in [0.15, 0.2) is 0 Å². The van der Waals surface area contributed by atoms with E-state index in [0.717, 1.165) is 30.1 Å². The van der Waals surface area contributed by atoms with E-state index >= 15 is 0 Å². The first-order valence-corrected chi connectivity index (χ1v) is 9.73. The highest BCUT2D eigenvalue weighted by molar-refractivity contribution is 7.16. The largest absolute Gasteiger partial charge is 0.350 e. The van der Waals surface area contributed by atoms with Crippen molar-refractivity contribution in [3.8, 4) is 10.6 Å². The van der Waals surface area contributed by atoms with Crippen LogP contribution in [0.15, 0.2) is 18.6 Å². The van der Waals surface area contributed by atoms with Gasteiger partial charge in [0.1, 0.15) is 9.88 Å². The molecular formula is C18H29N5OS. The predicted molar refractivity (Wildman–Crippen MR) is 103 cm³/mol. The lowest BCUT2D eigenvalue weighted by atomic mass is 10.0. The van der Waals surface area contributed by atoms with Crippen LogP contribution in [0.5, 0.6) is 0 Å². The molecule has 0 aliphatic rings. The first-order chi connectivity index (χ1) is 11.9. The maximum Gasteiger partial charge on any atom is 0.263 e. The molecule has 0 spiro atoms. The summed E-state index contributed by atoms with van der Waals surface area (Å²) < 4.78 is 1.73. The number of likely N-dealkylation sites (N-methyl/N-ethyl adjacent to an activating group) is 1. The maximum atomic E-state index is 12.5. The van der Waals surface area contributed by atoms with Gasteiger partial charge >= 0.3 is 0 Å². The second kappa shape index (κ2) is 9.10. The highest BCUT2D eigenvalue weighted by Crippen LogP contribution is 2.24. The minimum Gasteiger partial charge on any atom is -0.350 e. The zero-order valence-electron chi connectivity index (χ0n) is 15.8. The highest BCUT2D eigenvalue weighted by atomic mass is 32.1. The fourth-order valence-corrected chi connectivity index (χ4v) is 3.79. The summed E-state index contributed by atoms with van der Waals surface area (Å²) in [7, 11) is 1.87. The van der Waals surface area contributed by atoms with Crippen LogP contribution < -0.4 is 5.32 Å². The Balaban J connectivity index is 1.99. The van der Waals surface area contributed by atoms with Gasteiger partial charge in [0.25, 0.3) is 5.91 Å². The third-order valence-corrected chi connectivity index (χ3v) is 5.30. The highest BCUT2D eigenvalue weighted by Gasteiger charge is 2.19. The number of thiazole rings is 1. The lowest BCUT2D eigenvalue weighted by molar-refractivity contribution is 0.0933. The topological polar surface area (TPSA) is 63.1 Å². The molecule has 0 radical (unpaired) electrons. The summed E-state index contributed by atoms with van der Waals surface area (Å²) >= 11 is 1.40. The first-order valence-electron chi connectivity index (χ1n) is 8.91. The van der Waals surface area contributed by atoms with Crippen LogP contribution in [-0.2, 0) is 7.05 Å². The van der Waals surface area contributed by atoms with Crippen molar-refractivity contribution in [1.82, 2.24) is 25.0 Å². The van der Waals surface area contributed by atoms with E-state index in [4.69, 9.17) is 0 Å². The van der Waals surface area contributed by atoms with Crippen LogP contribution in [0.2, 0.25) is 0 Å². The molecule has 0 fully saturated rings. The van der Waals surface area contributed by atoms with E-state index in [1.54, 1.807) is 17.1 Å². The molecule has 6 nitrogen and oxygen atoms in total. The third kappa shape index (κ3) is 5.37. The second-order valence-electron chi connectivity index (χ2n) is 6.65. The van der Waals surface area contributed by atoms with Gasteiger partial charge in [-0.25, -0.2) is 4.98 Å². The molecule has 2 aromatic rings. The molecule has 1 amide bonds. The lowest BCUT2D eigenvalue weighted by Gasteiger charge is -2.31. The van der Waals surface area contributed by atoms with E-state index in [2.05, 4.69) is 48.0 Å². The summed E-state index contributed by atoms with van der Waals surface area (Å²) in [5, 5.41) is 8.06. The van der Waals surface area contributed by atoms with Crippen molar-refractivity contribution >= 4 is 17.2 Å². The Bertz CT molecular complexity index is 675. The number of hydrogen-bond acceptors (Lipinski definition) is 5. The molecule has 1 N–H and O–H groups in total. The van der Waals surface area contributed by atoms with Crippen LogP contribution in [0.4, 0.5) is 0 Å². The Labute approximate surface area is 154 Å². The van der Waals surface area contributed by atoms with Gasteiger partial charge in [-0.15, -0.1) is 11.3 Å². The van der Waals surface area contributed by atoms with Gasteiger partial charge < -0.3 is 5.32 Å². The maximum absolute atomic E-state index is 12.5.